The minimum absolute atomic E-state index is 0.0606. The van der Waals surface area contributed by atoms with Crippen LogP contribution in [0.25, 0.3) is 17.0 Å². The normalized spacial score (nSPS) is 20.0. The fourth-order valence-electron chi connectivity index (χ4n) is 8.38. The van der Waals surface area contributed by atoms with Crippen molar-refractivity contribution in [2.75, 3.05) is 74.1 Å². The number of benzene rings is 2. The first kappa shape index (κ1) is 37.3. The summed E-state index contributed by atoms with van der Waals surface area (Å²) in [7, 11) is 0. The van der Waals surface area contributed by atoms with Crippen LogP contribution in [0.5, 0.6) is 0 Å². The molecule has 4 aliphatic heterocycles. The third kappa shape index (κ3) is 7.36. The summed E-state index contributed by atoms with van der Waals surface area (Å²) in [6.07, 6.45) is 3.95. The first-order valence-electron chi connectivity index (χ1n) is 19.8. The molecule has 2 N–H and O–H groups in total. The van der Waals surface area contributed by atoms with E-state index in [1.54, 1.807) is 30.3 Å². The molecule has 298 valence electrons. The quantitative estimate of drug-likeness (QED) is 0.139. The molecule has 58 heavy (non-hydrogen) atoms. The SMILES string of the molecule is O=C1CCC(N2C(=O)c3ccc(NCCOCCN4CCN(c5cccc(-c6cnc7ccc(N8CCC[C@@H]8c8cccc(F)c8)nn67)n5)CC4)cc3C2=O)C(=O)N1. The third-order valence-electron chi connectivity index (χ3n) is 11.4. The Hall–Kier alpha value is -6.26. The Labute approximate surface area is 333 Å². The van der Waals surface area contributed by atoms with Crippen molar-refractivity contribution in [3.8, 4) is 11.4 Å². The number of carbonyl (C=O) groups is 4. The molecule has 3 fully saturated rings. The van der Waals surface area contributed by atoms with Crippen molar-refractivity contribution in [1.82, 2.24) is 34.7 Å². The zero-order valence-corrected chi connectivity index (χ0v) is 31.8. The van der Waals surface area contributed by atoms with Crippen LogP contribution in [0.1, 0.15) is 58.0 Å². The first-order valence-corrected chi connectivity index (χ1v) is 19.8. The van der Waals surface area contributed by atoms with Gasteiger partial charge < -0.3 is 19.9 Å². The van der Waals surface area contributed by atoms with Gasteiger partial charge in [0.15, 0.2) is 5.65 Å². The molecule has 5 aromatic rings. The van der Waals surface area contributed by atoms with Crippen molar-refractivity contribution < 1.29 is 28.3 Å². The largest absolute Gasteiger partial charge is 0.383 e. The predicted molar refractivity (Wildman–Crippen MR) is 213 cm³/mol. The Morgan fingerprint density at radius 3 is 2.52 bits per heavy atom. The number of hydrogen-bond donors (Lipinski definition) is 2. The van der Waals surface area contributed by atoms with E-state index in [1.807, 2.05) is 47.1 Å². The Bertz CT molecular complexity index is 2400. The number of nitrogens with one attached hydrogen (secondary N) is 2. The number of imide groups is 2. The molecule has 16 heteroatoms. The molecule has 0 saturated carbocycles. The molecule has 4 aliphatic rings. The number of pyridine rings is 1. The average molecular weight is 787 g/mol. The van der Waals surface area contributed by atoms with Crippen molar-refractivity contribution in [2.45, 2.75) is 37.8 Å². The minimum atomic E-state index is -0.993. The molecule has 3 aromatic heterocycles. The molecule has 0 aliphatic carbocycles. The van der Waals surface area contributed by atoms with Gasteiger partial charge in [0.2, 0.25) is 11.8 Å². The fraction of sp³-hybridized carbons (Fsp3) is 0.357. The molecule has 0 spiro atoms. The zero-order chi connectivity index (χ0) is 39.8. The Morgan fingerprint density at radius 2 is 1.67 bits per heavy atom. The average Bonchev–Trinajstić information content (AvgIpc) is 3.96. The number of amides is 4. The summed E-state index contributed by atoms with van der Waals surface area (Å²) in [5.41, 5.74) is 4.43. The van der Waals surface area contributed by atoms with Gasteiger partial charge in [-0.25, -0.2) is 18.9 Å². The van der Waals surface area contributed by atoms with Crippen LogP contribution in [0.2, 0.25) is 0 Å². The smallest absolute Gasteiger partial charge is 0.262 e. The highest BCUT2D eigenvalue weighted by Gasteiger charge is 2.44. The third-order valence-corrected chi connectivity index (χ3v) is 11.4. The molecule has 15 nitrogen and oxygen atoms in total. The summed E-state index contributed by atoms with van der Waals surface area (Å²) in [5.74, 6) is -0.603. The molecule has 2 atom stereocenters. The fourth-order valence-corrected chi connectivity index (χ4v) is 8.38. The topological polar surface area (TPSA) is 158 Å². The summed E-state index contributed by atoms with van der Waals surface area (Å²) < 4.78 is 21.9. The summed E-state index contributed by atoms with van der Waals surface area (Å²) in [6, 6.07) is 20.8. The molecule has 7 heterocycles. The van der Waals surface area contributed by atoms with E-state index in [1.165, 1.54) is 6.07 Å². The number of carbonyl (C=O) groups excluding carboxylic acids is 4. The van der Waals surface area contributed by atoms with Gasteiger partial charge >= 0.3 is 0 Å². The van der Waals surface area contributed by atoms with E-state index in [0.717, 1.165) is 91.2 Å². The number of nitrogens with zero attached hydrogens (tertiary/aromatic N) is 8. The van der Waals surface area contributed by atoms with Crippen molar-refractivity contribution in [2.24, 2.45) is 0 Å². The maximum absolute atomic E-state index is 14.1. The number of ether oxygens (including phenoxy) is 1. The zero-order valence-electron chi connectivity index (χ0n) is 31.8. The van der Waals surface area contributed by atoms with Gasteiger partial charge in [-0.3, -0.25) is 34.3 Å². The van der Waals surface area contributed by atoms with E-state index >= 15 is 0 Å². The standard InChI is InChI=1S/C42H43FN10O5/c43-28-5-1-4-27(24-28)33-7-3-16-51(33)38-13-12-36-45-26-35(53(36)48-38)32-6-2-8-37(46-32)50-19-17-49(18-20-50)21-23-58-22-15-44-29-9-10-30-31(25-29)42(57)52(41(30)56)34-11-14-39(54)47-40(34)55/h1-2,4-6,8-10,12-13,24-26,33-34,44H,3,7,11,14-23H2,(H,47,54,55)/t33-,34?/m1/s1. The van der Waals surface area contributed by atoms with Gasteiger partial charge in [-0.1, -0.05) is 18.2 Å². The predicted octanol–water partition coefficient (Wildman–Crippen LogP) is 3.92. The second kappa shape index (κ2) is 15.9. The Balaban J connectivity index is 0.745. The summed E-state index contributed by atoms with van der Waals surface area (Å²) in [6.45, 7) is 6.54. The summed E-state index contributed by atoms with van der Waals surface area (Å²) >= 11 is 0. The van der Waals surface area contributed by atoms with Crippen LogP contribution < -0.4 is 20.4 Å². The van der Waals surface area contributed by atoms with E-state index in [0.29, 0.717) is 25.4 Å². The number of imidazole rings is 1. The van der Waals surface area contributed by atoms with Gasteiger partial charge in [-0.05, 0) is 79.4 Å². The van der Waals surface area contributed by atoms with Crippen LogP contribution >= 0.6 is 0 Å². The number of piperidine rings is 1. The highest BCUT2D eigenvalue weighted by Crippen LogP contribution is 2.36. The molecular formula is C42H43FN10O5. The number of anilines is 3. The lowest BCUT2D eigenvalue weighted by atomic mass is 10.0. The molecule has 0 radical (unpaired) electrons. The second-order valence-electron chi connectivity index (χ2n) is 15.0. The minimum Gasteiger partial charge on any atom is -0.383 e. The number of piperazine rings is 1. The van der Waals surface area contributed by atoms with E-state index in [2.05, 4.69) is 30.3 Å². The van der Waals surface area contributed by atoms with Gasteiger partial charge in [-0.2, -0.15) is 0 Å². The Kier molecular flexibility index (Phi) is 10.3. The second-order valence-corrected chi connectivity index (χ2v) is 15.0. The molecular weight excluding hydrogens is 744 g/mol. The molecule has 0 bridgehead atoms. The van der Waals surface area contributed by atoms with Crippen molar-refractivity contribution in [1.29, 1.82) is 0 Å². The number of aromatic nitrogens is 4. The Morgan fingerprint density at radius 1 is 0.828 bits per heavy atom. The number of halogens is 1. The van der Waals surface area contributed by atoms with Gasteiger partial charge in [0, 0.05) is 57.9 Å². The van der Waals surface area contributed by atoms with Crippen LogP contribution in [0.15, 0.2) is 79.0 Å². The van der Waals surface area contributed by atoms with E-state index in [4.69, 9.17) is 14.8 Å². The lowest BCUT2D eigenvalue weighted by molar-refractivity contribution is -0.136. The van der Waals surface area contributed by atoms with Crippen LogP contribution in [-0.4, -0.2) is 118 Å². The lowest BCUT2D eigenvalue weighted by Crippen LogP contribution is -2.54. The van der Waals surface area contributed by atoms with Crippen LogP contribution in [0, 0.1) is 5.82 Å². The van der Waals surface area contributed by atoms with Gasteiger partial charge in [0.05, 0.1) is 42.3 Å². The van der Waals surface area contributed by atoms with Crippen LogP contribution in [-0.2, 0) is 14.3 Å². The van der Waals surface area contributed by atoms with Crippen LogP contribution in [0.3, 0.4) is 0 Å². The van der Waals surface area contributed by atoms with Gasteiger partial charge in [0.25, 0.3) is 11.8 Å². The molecule has 9 rings (SSSR count). The summed E-state index contributed by atoms with van der Waals surface area (Å²) in [4.78, 5) is 67.5. The van der Waals surface area contributed by atoms with E-state index < -0.39 is 29.7 Å². The monoisotopic (exact) mass is 786 g/mol. The van der Waals surface area contributed by atoms with Gasteiger partial charge in [-0.15, -0.1) is 5.10 Å². The number of rotatable bonds is 12. The highest BCUT2D eigenvalue weighted by molar-refractivity contribution is 6.23. The van der Waals surface area contributed by atoms with Crippen molar-refractivity contribution in [3.63, 3.8) is 0 Å². The van der Waals surface area contributed by atoms with Gasteiger partial charge in [0.1, 0.15) is 29.2 Å². The lowest BCUT2D eigenvalue weighted by Gasteiger charge is -2.35. The van der Waals surface area contributed by atoms with Crippen LogP contribution in [0.4, 0.5) is 21.7 Å². The van der Waals surface area contributed by atoms with Crippen molar-refractivity contribution in [3.05, 3.63) is 102 Å². The first-order chi connectivity index (χ1) is 28.3. The van der Waals surface area contributed by atoms with E-state index in [-0.39, 0.29) is 35.8 Å². The van der Waals surface area contributed by atoms with E-state index in [9.17, 15) is 23.6 Å². The summed E-state index contributed by atoms with van der Waals surface area (Å²) in [5, 5.41) is 10.5. The van der Waals surface area contributed by atoms with Crippen molar-refractivity contribution >= 4 is 46.6 Å². The number of hydrogen-bond acceptors (Lipinski definition) is 12. The maximum Gasteiger partial charge on any atom is 0.262 e. The molecule has 4 amide bonds. The number of fused-ring (bicyclic) bond motifs is 2. The highest BCUT2D eigenvalue weighted by atomic mass is 19.1. The molecule has 1 unspecified atom stereocenters. The molecule has 3 saturated heterocycles. The maximum atomic E-state index is 14.1. The molecule has 2 aromatic carbocycles.